The summed E-state index contributed by atoms with van der Waals surface area (Å²) in [6.07, 6.45) is 0. The highest BCUT2D eigenvalue weighted by Gasteiger charge is 2.30. The summed E-state index contributed by atoms with van der Waals surface area (Å²) in [4.78, 5) is 21.9. The smallest absolute Gasteiger partial charge is 0.335 e. The standard InChI is InChI=1S/C12H15NO5S/c1-6-4-7(2)10(5-9(6)12(15)16)19(17,18)8(3)11(13)14/h4-5,8H,1-3H3,(H2,13,14)(H,15,16). The minimum absolute atomic E-state index is 0.110. The van der Waals surface area contributed by atoms with Crippen LogP contribution in [0.5, 0.6) is 0 Å². The Bertz CT molecular complexity index is 648. The lowest BCUT2D eigenvalue weighted by atomic mass is 10.1. The largest absolute Gasteiger partial charge is 0.478 e. The van der Waals surface area contributed by atoms with Crippen LogP contribution in [0.2, 0.25) is 0 Å². The number of hydrogen-bond acceptors (Lipinski definition) is 4. The Morgan fingerprint density at radius 2 is 1.74 bits per heavy atom. The van der Waals surface area contributed by atoms with Gasteiger partial charge in [-0.15, -0.1) is 0 Å². The van der Waals surface area contributed by atoms with Crippen LogP contribution in [0, 0.1) is 13.8 Å². The maximum atomic E-state index is 12.2. The van der Waals surface area contributed by atoms with Crippen LogP contribution in [-0.4, -0.2) is 30.7 Å². The summed E-state index contributed by atoms with van der Waals surface area (Å²) in [6.45, 7) is 4.29. The number of aryl methyl sites for hydroxylation is 2. The van der Waals surface area contributed by atoms with E-state index in [9.17, 15) is 18.0 Å². The first-order valence-corrected chi connectivity index (χ1v) is 7.01. The van der Waals surface area contributed by atoms with Gasteiger partial charge in [0.05, 0.1) is 10.5 Å². The zero-order valence-electron chi connectivity index (χ0n) is 10.8. The van der Waals surface area contributed by atoms with Gasteiger partial charge in [-0.05, 0) is 38.0 Å². The SMILES string of the molecule is Cc1cc(C)c(S(=O)(=O)C(C)C(N)=O)cc1C(=O)O. The number of benzene rings is 1. The molecule has 0 saturated heterocycles. The third-order valence-corrected chi connectivity index (χ3v) is 5.14. The molecule has 1 aromatic rings. The summed E-state index contributed by atoms with van der Waals surface area (Å²) in [5, 5.41) is 7.60. The number of hydrogen-bond donors (Lipinski definition) is 2. The Kier molecular flexibility index (Phi) is 4.00. The average Bonchev–Trinajstić information content (AvgIpc) is 2.26. The highest BCUT2D eigenvalue weighted by Crippen LogP contribution is 2.24. The van der Waals surface area contributed by atoms with Crippen molar-refractivity contribution in [2.24, 2.45) is 5.73 Å². The van der Waals surface area contributed by atoms with Crippen molar-refractivity contribution in [2.45, 2.75) is 30.9 Å². The Labute approximate surface area is 111 Å². The van der Waals surface area contributed by atoms with Crippen LogP contribution in [-0.2, 0) is 14.6 Å². The number of carboxylic acid groups (broad SMARTS) is 1. The molecule has 0 radical (unpaired) electrons. The summed E-state index contributed by atoms with van der Waals surface area (Å²) in [6, 6.07) is 2.53. The zero-order valence-corrected chi connectivity index (χ0v) is 11.6. The summed E-state index contributed by atoms with van der Waals surface area (Å²) in [5.41, 5.74) is 5.73. The summed E-state index contributed by atoms with van der Waals surface area (Å²) < 4.78 is 24.4. The Hall–Kier alpha value is -1.89. The normalized spacial score (nSPS) is 13.0. The number of sulfone groups is 1. The Morgan fingerprint density at radius 1 is 1.21 bits per heavy atom. The zero-order chi connectivity index (χ0) is 15.0. The van der Waals surface area contributed by atoms with E-state index in [0.717, 1.165) is 6.07 Å². The van der Waals surface area contributed by atoms with Crippen molar-refractivity contribution < 1.29 is 23.1 Å². The number of amides is 1. The van der Waals surface area contributed by atoms with Crippen molar-refractivity contribution in [2.75, 3.05) is 0 Å². The molecular weight excluding hydrogens is 270 g/mol. The van der Waals surface area contributed by atoms with E-state index >= 15 is 0 Å². The molecular formula is C12H15NO5S. The van der Waals surface area contributed by atoms with Crippen LogP contribution in [0.25, 0.3) is 0 Å². The molecule has 1 unspecified atom stereocenters. The Balaban J connectivity index is 3.56. The summed E-state index contributed by atoms with van der Waals surface area (Å²) in [7, 11) is -3.98. The van der Waals surface area contributed by atoms with Gasteiger partial charge in [-0.25, -0.2) is 13.2 Å². The molecule has 0 aromatic heterocycles. The third-order valence-electron chi connectivity index (χ3n) is 2.92. The monoisotopic (exact) mass is 285 g/mol. The molecule has 0 fully saturated rings. The molecule has 7 heteroatoms. The highest BCUT2D eigenvalue weighted by atomic mass is 32.2. The maximum Gasteiger partial charge on any atom is 0.335 e. The van der Waals surface area contributed by atoms with Crippen molar-refractivity contribution in [3.8, 4) is 0 Å². The molecule has 1 atom stereocenters. The number of carboxylic acids is 1. The van der Waals surface area contributed by atoms with Gasteiger partial charge in [0, 0.05) is 0 Å². The maximum absolute atomic E-state index is 12.2. The molecule has 19 heavy (non-hydrogen) atoms. The molecule has 1 rings (SSSR count). The highest BCUT2D eigenvalue weighted by molar-refractivity contribution is 7.92. The van der Waals surface area contributed by atoms with E-state index in [1.165, 1.54) is 13.0 Å². The minimum Gasteiger partial charge on any atom is -0.478 e. The molecule has 1 amide bonds. The number of carbonyl (C=O) groups is 2. The lowest BCUT2D eigenvalue weighted by molar-refractivity contribution is -0.117. The quantitative estimate of drug-likeness (QED) is 0.842. The van der Waals surface area contributed by atoms with E-state index in [2.05, 4.69) is 0 Å². The second-order valence-electron chi connectivity index (χ2n) is 4.33. The molecule has 3 N–H and O–H groups in total. The predicted octanol–water partition coefficient (Wildman–Crippen LogP) is 0.649. The van der Waals surface area contributed by atoms with Crippen LogP contribution in [0.3, 0.4) is 0 Å². The fourth-order valence-corrected chi connectivity index (χ4v) is 3.19. The van der Waals surface area contributed by atoms with Gasteiger partial charge in [-0.3, -0.25) is 4.79 Å². The van der Waals surface area contributed by atoms with E-state index in [-0.39, 0.29) is 10.5 Å². The topological polar surface area (TPSA) is 115 Å². The van der Waals surface area contributed by atoms with Gasteiger partial charge in [0.25, 0.3) is 0 Å². The summed E-state index contributed by atoms with van der Waals surface area (Å²) >= 11 is 0. The molecule has 0 saturated carbocycles. The number of carbonyl (C=O) groups excluding carboxylic acids is 1. The van der Waals surface area contributed by atoms with Crippen molar-refractivity contribution in [1.29, 1.82) is 0 Å². The lowest BCUT2D eigenvalue weighted by Crippen LogP contribution is -2.33. The van der Waals surface area contributed by atoms with Gasteiger partial charge in [0.15, 0.2) is 9.84 Å². The molecule has 0 bridgehead atoms. The van der Waals surface area contributed by atoms with Crippen LogP contribution >= 0.6 is 0 Å². The first kappa shape index (κ1) is 15.2. The van der Waals surface area contributed by atoms with Gasteiger partial charge >= 0.3 is 5.97 Å². The predicted molar refractivity (Wildman–Crippen MR) is 68.7 cm³/mol. The van der Waals surface area contributed by atoms with Crippen molar-refractivity contribution in [1.82, 2.24) is 0 Å². The first-order chi connectivity index (χ1) is 8.59. The molecule has 0 aliphatic carbocycles. The average molecular weight is 285 g/mol. The fourth-order valence-electron chi connectivity index (χ4n) is 1.71. The molecule has 1 aromatic carbocycles. The number of rotatable bonds is 4. The molecule has 0 aliphatic heterocycles. The van der Waals surface area contributed by atoms with Crippen LogP contribution in [0.15, 0.2) is 17.0 Å². The van der Waals surface area contributed by atoms with E-state index in [1.54, 1.807) is 13.8 Å². The van der Waals surface area contributed by atoms with Crippen LogP contribution in [0.4, 0.5) is 0 Å². The Morgan fingerprint density at radius 3 is 2.16 bits per heavy atom. The molecule has 6 nitrogen and oxygen atoms in total. The molecule has 0 heterocycles. The number of primary amides is 1. The van der Waals surface area contributed by atoms with E-state index in [4.69, 9.17) is 10.8 Å². The van der Waals surface area contributed by atoms with Gasteiger partial charge in [-0.2, -0.15) is 0 Å². The van der Waals surface area contributed by atoms with E-state index in [0.29, 0.717) is 11.1 Å². The molecule has 0 aliphatic rings. The number of aromatic carboxylic acids is 1. The fraction of sp³-hybridized carbons (Fsp3) is 0.333. The minimum atomic E-state index is -3.98. The third kappa shape index (κ3) is 2.76. The van der Waals surface area contributed by atoms with E-state index in [1.807, 2.05) is 0 Å². The van der Waals surface area contributed by atoms with Gasteiger partial charge in [0.1, 0.15) is 5.25 Å². The van der Waals surface area contributed by atoms with Gasteiger partial charge in [0.2, 0.25) is 5.91 Å². The summed E-state index contributed by atoms with van der Waals surface area (Å²) in [5.74, 6) is -2.20. The van der Waals surface area contributed by atoms with Crippen molar-refractivity contribution in [3.63, 3.8) is 0 Å². The van der Waals surface area contributed by atoms with Gasteiger partial charge < -0.3 is 10.8 Å². The van der Waals surface area contributed by atoms with Crippen LogP contribution in [0.1, 0.15) is 28.4 Å². The van der Waals surface area contributed by atoms with Crippen molar-refractivity contribution in [3.05, 3.63) is 28.8 Å². The van der Waals surface area contributed by atoms with Gasteiger partial charge in [-0.1, -0.05) is 6.07 Å². The lowest BCUT2D eigenvalue weighted by Gasteiger charge is -2.14. The molecule has 104 valence electrons. The van der Waals surface area contributed by atoms with Crippen LogP contribution < -0.4 is 5.73 Å². The van der Waals surface area contributed by atoms with Crippen molar-refractivity contribution >= 4 is 21.7 Å². The first-order valence-electron chi connectivity index (χ1n) is 5.46. The molecule has 0 spiro atoms. The second-order valence-corrected chi connectivity index (χ2v) is 6.56. The number of nitrogens with two attached hydrogens (primary N) is 1. The van der Waals surface area contributed by atoms with E-state index < -0.39 is 27.0 Å². The second kappa shape index (κ2) is 5.00.